The Bertz CT molecular complexity index is 1280. The van der Waals surface area contributed by atoms with Crippen molar-refractivity contribution in [3.63, 3.8) is 0 Å². The zero-order chi connectivity index (χ0) is 23.5. The molecule has 0 unspecified atom stereocenters. The van der Waals surface area contributed by atoms with Crippen LogP contribution in [0.25, 0.3) is 5.69 Å². The summed E-state index contributed by atoms with van der Waals surface area (Å²) in [4.78, 5) is 31.1. The molecule has 5 rings (SSSR count). The number of rotatable bonds is 7. The largest absolute Gasteiger partial charge is 0.467 e. The molecule has 3 heterocycles. The molecule has 1 N–H and O–H groups in total. The fraction of sp³-hybridized carbons (Fsp3) is 0.192. The number of nitrogens with zero attached hydrogens (tertiary/aromatic N) is 3. The first-order valence-corrected chi connectivity index (χ1v) is 12.0. The van der Waals surface area contributed by atoms with Gasteiger partial charge in [0.2, 0.25) is 5.91 Å². The Hall–Kier alpha value is -3.78. The Kier molecular flexibility index (Phi) is 6.22. The number of hydrogen-bond acceptors (Lipinski definition) is 5. The molecular weight excluding hydrogens is 448 g/mol. The number of aromatic nitrogens is 2. The van der Waals surface area contributed by atoms with Crippen LogP contribution in [0.3, 0.4) is 0 Å². The number of thioether (sulfide) groups is 1. The van der Waals surface area contributed by atoms with Crippen molar-refractivity contribution in [1.82, 2.24) is 19.8 Å². The highest BCUT2D eigenvalue weighted by Crippen LogP contribution is 2.39. The standard InChI is InChI=1S/C26H24N4O3S/c1-18-27-12-13-29(18)22-10-4-19(5-11-22)15-28-25(32)20-6-8-21(9-7-20)26-30(24(31)17-34-26)16-23-3-2-14-33-23/h2-14,26H,15-17H2,1H3,(H,28,32)/t26-/m0/s1. The fourth-order valence-corrected chi connectivity index (χ4v) is 5.17. The number of aryl methyl sites for hydroxylation is 1. The molecule has 0 aliphatic carbocycles. The summed E-state index contributed by atoms with van der Waals surface area (Å²) in [5, 5.41) is 2.88. The molecule has 1 atom stereocenters. The lowest BCUT2D eigenvalue weighted by molar-refractivity contribution is -0.128. The molecule has 1 fully saturated rings. The number of furan rings is 1. The van der Waals surface area contributed by atoms with Crippen LogP contribution in [0.1, 0.15) is 38.4 Å². The second kappa shape index (κ2) is 9.61. The third kappa shape index (κ3) is 4.63. The Labute approximate surface area is 201 Å². The van der Waals surface area contributed by atoms with Gasteiger partial charge < -0.3 is 19.2 Å². The molecule has 0 bridgehead atoms. The number of hydrogen-bond donors (Lipinski definition) is 1. The minimum absolute atomic E-state index is 0.0856. The van der Waals surface area contributed by atoms with Crippen molar-refractivity contribution >= 4 is 23.6 Å². The Morgan fingerprint density at radius 1 is 1.15 bits per heavy atom. The van der Waals surface area contributed by atoms with Gasteiger partial charge in [-0.15, -0.1) is 11.8 Å². The van der Waals surface area contributed by atoms with Gasteiger partial charge >= 0.3 is 0 Å². The van der Waals surface area contributed by atoms with Gasteiger partial charge in [0.1, 0.15) is 17.0 Å². The van der Waals surface area contributed by atoms with Crippen LogP contribution >= 0.6 is 11.8 Å². The van der Waals surface area contributed by atoms with Crippen molar-refractivity contribution in [2.24, 2.45) is 0 Å². The van der Waals surface area contributed by atoms with Gasteiger partial charge in [0.15, 0.2) is 0 Å². The molecule has 2 amide bonds. The minimum atomic E-state index is -0.135. The summed E-state index contributed by atoms with van der Waals surface area (Å²) in [7, 11) is 0. The molecule has 4 aromatic rings. The lowest BCUT2D eigenvalue weighted by Gasteiger charge is -2.23. The first-order valence-electron chi connectivity index (χ1n) is 11.0. The molecule has 0 radical (unpaired) electrons. The topological polar surface area (TPSA) is 80.4 Å². The summed E-state index contributed by atoms with van der Waals surface area (Å²) in [5.74, 6) is 2.07. The average Bonchev–Trinajstić information content (AvgIpc) is 3.61. The Morgan fingerprint density at radius 3 is 2.62 bits per heavy atom. The summed E-state index contributed by atoms with van der Waals surface area (Å²) in [5.41, 5.74) is 3.62. The maximum Gasteiger partial charge on any atom is 0.251 e. The van der Waals surface area contributed by atoms with Gasteiger partial charge in [-0.3, -0.25) is 9.59 Å². The second-order valence-electron chi connectivity index (χ2n) is 8.08. The van der Waals surface area contributed by atoms with Gasteiger partial charge in [0.25, 0.3) is 5.91 Å². The summed E-state index contributed by atoms with van der Waals surface area (Å²) in [6.07, 6.45) is 5.31. The van der Waals surface area contributed by atoms with Crippen molar-refractivity contribution in [2.45, 2.75) is 25.4 Å². The van der Waals surface area contributed by atoms with Crippen LogP contribution in [-0.4, -0.2) is 32.0 Å². The maximum absolute atomic E-state index is 12.7. The molecule has 0 saturated carbocycles. The number of nitrogens with one attached hydrogen (secondary N) is 1. The van der Waals surface area contributed by atoms with Crippen molar-refractivity contribution < 1.29 is 14.0 Å². The Balaban J connectivity index is 1.20. The quantitative estimate of drug-likeness (QED) is 0.429. The highest BCUT2D eigenvalue weighted by Gasteiger charge is 2.33. The minimum Gasteiger partial charge on any atom is -0.467 e. The molecule has 172 valence electrons. The smallest absolute Gasteiger partial charge is 0.251 e. The van der Waals surface area contributed by atoms with Gasteiger partial charge in [0.05, 0.1) is 18.6 Å². The van der Waals surface area contributed by atoms with Gasteiger partial charge in [-0.05, 0) is 54.4 Å². The molecule has 1 aliphatic rings. The number of amides is 2. The summed E-state index contributed by atoms with van der Waals surface area (Å²) >= 11 is 1.58. The normalized spacial score (nSPS) is 15.6. The molecule has 1 saturated heterocycles. The third-order valence-corrected chi connectivity index (χ3v) is 7.08. The first-order chi connectivity index (χ1) is 16.6. The van der Waals surface area contributed by atoms with Crippen molar-refractivity contribution in [1.29, 1.82) is 0 Å². The monoisotopic (exact) mass is 472 g/mol. The molecule has 8 heteroatoms. The van der Waals surface area contributed by atoms with E-state index in [2.05, 4.69) is 10.3 Å². The molecule has 0 spiro atoms. The van der Waals surface area contributed by atoms with Crippen LogP contribution in [0.5, 0.6) is 0 Å². The maximum atomic E-state index is 12.7. The predicted octanol–water partition coefficient (Wildman–Crippen LogP) is 4.48. The van der Waals surface area contributed by atoms with Gasteiger partial charge in [-0.2, -0.15) is 0 Å². The van der Waals surface area contributed by atoms with Crippen molar-refractivity contribution in [3.8, 4) is 5.69 Å². The lowest BCUT2D eigenvalue weighted by Crippen LogP contribution is -2.27. The first kappa shape index (κ1) is 22.0. The van der Waals surface area contributed by atoms with Crippen LogP contribution in [0.4, 0.5) is 0 Å². The third-order valence-electron chi connectivity index (χ3n) is 5.83. The van der Waals surface area contributed by atoms with E-state index in [1.165, 1.54) is 0 Å². The molecule has 2 aromatic carbocycles. The SMILES string of the molecule is Cc1nccn1-c1ccc(CNC(=O)c2ccc([C@@H]3SCC(=O)N3Cc3ccco3)cc2)cc1. The predicted molar refractivity (Wildman–Crippen MR) is 130 cm³/mol. The van der Waals surface area contributed by atoms with E-state index in [0.717, 1.165) is 28.4 Å². The van der Waals surface area contributed by atoms with E-state index in [1.54, 1.807) is 24.2 Å². The zero-order valence-electron chi connectivity index (χ0n) is 18.7. The molecule has 2 aromatic heterocycles. The van der Waals surface area contributed by atoms with Gasteiger partial charge in [-0.1, -0.05) is 24.3 Å². The van der Waals surface area contributed by atoms with E-state index >= 15 is 0 Å². The van der Waals surface area contributed by atoms with Crippen LogP contribution in [-0.2, 0) is 17.9 Å². The van der Waals surface area contributed by atoms with Crippen molar-refractivity contribution in [3.05, 3.63) is 108 Å². The average molecular weight is 473 g/mol. The summed E-state index contributed by atoms with van der Waals surface area (Å²) < 4.78 is 7.42. The number of carbonyl (C=O) groups excluding carboxylic acids is 2. The lowest BCUT2D eigenvalue weighted by atomic mass is 10.1. The molecule has 1 aliphatic heterocycles. The molecule has 34 heavy (non-hydrogen) atoms. The van der Waals surface area contributed by atoms with Crippen LogP contribution < -0.4 is 5.32 Å². The van der Waals surface area contributed by atoms with Crippen molar-refractivity contribution in [2.75, 3.05) is 5.75 Å². The van der Waals surface area contributed by atoms with Crippen LogP contribution in [0, 0.1) is 6.92 Å². The van der Waals surface area contributed by atoms with E-state index in [4.69, 9.17) is 4.42 Å². The summed E-state index contributed by atoms with van der Waals surface area (Å²) in [6, 6.07) is 19.2. The van der Waals surface area contributed by atoms with Gasteiger partial charge in [0, 0.05) is 30.2 Å². The van der Waals surface area contributed by atoms with Crippen LogP contribution in [0.15, 0.2) is 83.7 Å². The highest BCUT2D eigenvalue weighted by atomic mass is 32.2. The van der Waals surface area contributed by atoms with E-state index in [9.17, 15) is 9.59 Å². The number of benzene rings is 2. The number of imidazole rings is 1. The fourth-order valence-electron chi connectivity index (χ4n) is 3.98. The van der Waals surface area contributed by atoms with Crippen LogP contribution in [0.2, 0.25) is 0 Å². The summed E-state index contributed by atoms with van der Waals surface area (Å²) in [6.45, 7) is 2.83. The van der Waals surface area contributed by atoms with Gasteiger partial charge in [-0.25, -0.2) is 4.98 Å². The molecular formula is C26H24N4O3S. The van der Waals surface area contributed by atoms with E-state index in [0.29, 0.717) is 24.4 Å². The second-order valence-corrected chi connectivity index (χ2v) is 9.15. The van der Waals surface area contributed by atoms with E-state index < -0.39 is 0 Å². The number of carbonyl (C=O) groups is 2. The Morgan fingerprint density at radius 2 is 1.94 bits per heavy atom. The molecule has 7 nitrogen and oxygen atoms in total. The highest BCUT2D eigenvalue weighted by molar-refractivity contribution is 8.00. The zero-order valence-corrected chi connectivity index (χ0v) is 19.5. The van der Waals surface area contributed by atoms with E-state index in [1.807, 2.05) is 83.3 Å². The van der Waals surface area contributed by atoms with E-state index in [-0.39, 0.29) is 17.2 Å².